The number of hydrogen-bond donors (Lipinski definition) is 1. The Morgan fingerprint density at radius 3 is 2.80 bits per heavy atom. The average molecular weight is 191 g/mol. The van der Waals surface area contributed by atoms with Crippen molar-refractivity contribution in [3.8, 4) is 0 Å². The van der Waals surface area contributed by atoms with E-state index in [1.165, 1.54) is 20.7 Å². The van der Waals surface area contributed by atoms with E-state index in [4.69, 9.17) is 18.0 Å². The topological polar surface area (TPSA) is 43.1 Å². The molecular formula is C5H5NOS3. The van der Waals surface area contributed by atoms with Gasteiger partial charge in [0.2, 0.25) is 5.91 Å². The highest BCUT2D eigenvalue weighted by Gasteiger charge is 1.99. The Balaban J connectivity index is 2.76. The number of amides is 1. The lowest BCUT2D eigenvalue weighted by Gasteiger charge is -1.85. The second-order valence-electron chi connectivity index (χ2n) is 1.74. The molecule has 0 spiro atoms. The van der Waals surface area contributed by atoms with E-state index < -0.39 is 0 Å². The summed E-state index contributed by atoms with van der Waals surface area (Å²) in [5.74, 6) is -0.302. The van der Waals surface area contributed by atoms with Gasteiger partial charge in [0.15, 0.2) is 0 Å². The summed E-state index contributed by atoms with van der Waals surface area (Å²) >= 11 is 4.86. The second-order valence-corrected chi connectivity index (χ2v) is 4.74. The van der Waals surface area contributed by atoms with Gasteiger partial charge < -0.3 is 5.73 Å². The molecular weight excluding hydrogens is 186 g/mol. The molecule has 10 heavy (non-hydrogen) atoms. The lowest BCUT2D eigenvalue weighted by atomic mass is 10.3. The third-order valence-electron chi connectivity index (χ3n) is 0.858. The van der Waals surface area contributed by atoms with E-state index in [-0.39, 0.29) is 5.91 Å². The van der Waals surface area contributed by atoms with Gasteiger partial charge in [0, 0.05) is 4.88 Å². The van der Waals surface area contributed by atoms with E-state index in [1.54, 1.807) is 0 Å². The molecule has 1 aromatic rings. The molecule has 0 bridgehead atoms. The fourth-order valence-electron chi connectivity index (χ4n) is 0.526. The Hall–Kier alpha value is -0.260. The van der Waals surface area contributed by atoms with Gasteiger partial charge in [0.1, 0.15) is 3.82 Å². The van der Waals surface area contributed by atoms with Crippen molar-refractivity contribution in [1.82, 2.24) is 0 Å². The zero-order chi connectivity index (χ0) is 7.56. The zero-order valence-corrected chi connectivity index (χ0v) is 7.44. The van der Waals surface area contributed by atoms with Crippen LogP contribution in [0.2, 0.25) is 0 Å². The largest absolute Gasteiger partial charge is 0.369 e. The Labute approximate surface area is 70.7 Å². The third kappa shape index (κ3) is 2.17. The maximum Gasteiger partial charge on any atom is 0.222 e. The number of primary amides is 1. The minimum absolute atomic E-state index is 0.302. The van der Waals surface area contributed by atoms with E-state index in [9.17, 15) is 4.79 Å². The summed E-state index contributed by atoms with van der Waals surface area (Å²) in [6.07, 6.45) is 0.317. The summed E-state index contributed by atoms with van der Waals surface area (Å²) in [6.45, 7) is 0. The first-order chi connectivity index (χ1) is 4.68. The van der Waals surface area contributed by atoms with E-state index in [2.05, 4.69) is 0 Å². The lowest BCUT2D eigenvalue weighted by Crippen LogP contribution is -2.12. The predicted molar refractivity (Wildman–Crippen MR) is 45.9 cm³/mol. The molecule has 0 atom stereocenters. The first kappa shape index (κ1) is 7.84. The van der Waals surface area contributed by atoms with E-state index in [0.717, 1.165) is 8.70 Å². The normalized spacial score (nSPS) is 9.60. The summed E-state index contributed by atoms with van der Waals surface area (Å²) < 4.78 is 0.821. The summed E-state index contributed by atoms with van der Waals surface area (Å²) in [5.41, 5.74) is 4.97. The van der Waals surface area contributed by atoms with Crippen molar-refractivity contribution in [2.45, 2.75) is 6.42 Å². The Kier molecular flexibility index (Phi) is 2.53. The van der Waals surface area contributed by atoms with Gasteiger partial charge in [-0.15, -0.1) is 0 Å². The molecule has 1 aromatic heterocycles. The summed E-state index contributed by atoms with van der Waals surface area (Å²) in [7, 11) is 3.01. The van der Waals surface area contributed by atoms with Crippen LogP contribution in [0.1, 0.15) is 4.88 Å². The molecule has 0 aliphatic heterocycles. The Morgan fingerprint density at radius 2 is 2.40 bits per heavy atom. The van der Waals surface area contributed by atoms with Crippen molar-refractivity contribution < 1.29 is 4.79 Å². The average Bonchev–Trinajstić information content (AvgIpc) is 2.13. The summed E-state index contributed by atoms with van der Waals surface area (Å²) in [4.78, 5) is 11.3. The summed E-state index contributed by atoms with van der Waals surface area (Å²) in [5, 5.41) is 0. The van der Waals surface area contributed by atoms with Crippen LogP contribution in [0.15, 0.2) is 6.07 Å². The van der Waals surface area contributed by atoms with Gasteiger partial charge in [-0.05, 0) is 6.07 Å². The van der Waals surface area contributed by atoms with Crippen LogP contribution < -0.4 is 5.73 Å². The standard InChI is InChI=1S/C5H5NOS3/c6-4(7)1-3-2-5(8)10-9-3/h2H,1H2,(H2,6,7). The van der Waals surface area contributed by atoms with E-state index in [1.807, 2.05) is 6.07 Å². The van der Waals surface area contributed by atoms with Crippen molar-refractivity contribution in [3.05, 3.63) is 14.8 Å². The number of nitrogens with two attached hydrogens (primary N) is 1. The maximum absolute atomic E-state index is 10.4. The van der Waals surface area contributed by atoms with Gasteiger partial charge in [0.25, 0.3) is 0 Å². The molecule has 0 aliphatic rings. The number of hydrogen-bond acceptors (Lipinski definition) is 4. The van der Waals surface area contributed by atoms with Gasteiger partial charge in [-0.25, -0.2) is 0 Å². The third-order valence-corrected chi connectivity index (χ3v) is 3.82. The zero-order valence-electron chi connectivity index (χ0n) is 4.99. The number of carbonyl (C=O) groups excluding carboxylic acids is 1. The van der Waals surface area contributed by atoms with Crippen LogP contribution in [0.5, 0.6) is 0 Å². The molecule has 0 aromatic carbocycles. The highest BCUT2D eigenvalue weighted by atomic mass is 32.9. The van der Waals surface area contributed by atoms with Crippen LogP contribution in [0.3, 0.4) is 0 Å². The van der Waals surface area contributed by atoms with Gasteiger partial charge in [0.05, 0.1) is 6.42 Å². The van der Waals surface area contributed by atoms with Crippen LogP contribution in [0.25, 0.3) is 0 Å². The molecule has 1 amide bonds. The smallest absolute Gasteiger partial charge is 0.222 e. The molecule has 0 saturated carbocycles. The molecule has 0 aliphatic carbocycles. The second kappa shape index (κ2) is 3.23. The highest BCUT2D eigenvalue weighted by molar-refractivity contribution is 7.79. The Morgan fingerprint density at radius 1 is 1.70 bits per heavy atom. The van der Waals surface area contributed by atoms with Crippen molar-refractivity contribution in [1.29, 1.82) is 0 Å². The monoisotopic (exact) mass is 191 g/mol. The van der Waals surface area contributed by atoms with Gasteiger partial charge in [-0.2, -0.15) is 0 Å². The van der Waals surface area contributed by atoms with Crippen LogP contribution in [-0.2, 0) is 11.2 Å². The van der Waals surface area contributed by atoms with Crippen LogP contribution in [0, 0.1) is 3.82 Å². The molecule has 0 unspecified atom stereocenters. The first-order valence-electron chi connectivity index (χ1n) is 2.56. The lowest BCUT2D eigenvalue weighted by molar-refractivity contribution is -0.117. The first-order valence-corrected chi connectivity index (χ1v) is 5.11. The molecule has 0 saturated heterocycles. The van der Waals surface area contributed by atoms with E-state index in [0.29, 0.717) is 6.42 Å². The van der Waals surface area contributed by atoms with Crippen LogP contribution in [0.4, 0.5) is 0 Å². The van der Waals surface area contributed by atoms with Gasteiger partial charge >= 0.3 is 0 Å². The molecule has 1 rings (SSSR count). The van der Waals surface area contributed by atoms with Gasteiger partial charge in [-0.3, -0.25) is 4.79 Å². The number of rotatable bonds is 2. The fourth-order valence-corrected chi connectivity index (χ4v) is 2.90. The molecule has 2 nitrogen and oxygen atoms in total. The number of carbonyl (C=O) groups is 1. The van der Waals surface area contributed by atoms with Crippen molar-refractivity contribution >= 4 is 38.8 Å². The maximum atomic E-state index is 10.4. The molecule has 0 fully saturated rings. The minimum Gasteiger partial charge on any atom is -0.369 e. The molecule has 0 radical (unpaired) electrons. The molecule has 54 valence electrons. The highest BCUT2D eigenvalue weighted by Crippen LogP contribution is 2.17. The van der Waals surface area contributed by atoms with E-state index >= 15 is 0 Å². The molecule has 5 heteroatoms. The van der Waals surface area contributed by atoms with Crippen molar-refractivity contribution in [3.63, 3.8) is 0 Å². The summed E-state index contributed by atoms with van der Waals surface area (Å²) in [6, 6.07) is 1.81. The SMILES string of the molecule is NC(=O)Cc1cc(=S)ss1. The van der Waals surface area contributed by atoms with Crippen molar-refractivity contribution in [2.75, 3.05) is 0 Å². The van der Waals surface area contributed by atoms with Gasteiger partial charge in [-0.1, -0.05) is 32.9 Å². The van der Waals surface area contributed by atoms with Crippen LogP contribution in [-0.4, -0.2) is 5.91 Å². The Bertz CT molecular complexity index is 287. The fraction of sp³-hybridized carbons (Fsp3) is 0.200. The quantitative estimate of drug-likeness (QED) is 0.569. The van der Waals surface area contributed by atoms with Crippen molar-refractivity contribution in [2.24, 2.45) is 5.73 Å². The predicted octanol–water partition coefficient (Wildman–Crippen LogP) is 1.57. The van der Waals surface area contributed by atoms with Crippen LogP contribution >= 0.6 is 32.9 Å². The molecule has 2 N–H and O–H groups in total. The minimum atomic E-state index is -0.302. The molecule has 1 heterocycles.